The molecule has 2 saturated heterocycles. The minimum absolute atomic E-state index is 0.0692. The molecule has 252 valence electrons. The molecule has 3 aromatic carbocycles. The fraction of sp³-hybridized carbons (Fsp3) is 0.324. The highest BCUT2D eigenvalue weighted by molar-refractivity contribution is 9.10. The number of carbonyl (C=O) groups excluding carboxylic acids is 3. The SMILES string of the molecule is CC(=O)N1CCN(C(=O)[C@]2(Sc3ccc(C)cc3)CC(=O)N(Cc3ccc(Br)cc3)[C@H]2c2cn(CS(=O)(=O)[O-])c3cc(Cl)ccc23)CC1. The number of likely N-dealkylation sites (tertiary alicyclic amines) is 1. The number of aryl methyl sites for hydroxylation is 1. The lowest BCUT2D eigenvalue weighted by Crippen LogP contribution is -2.56. The molecule has 0 spiro atoms. The van der Waals surface area contributed by atoms with E-state index in [1.807, 2.05) is 55.5 Å². The molecule has 0 unspecified atom stereocenters. The van der Waals surface area contributed by atoms with Crippen LogP contribution in [0.4, 0.5) is 0 Å². The lowest BCUT2D eigenvalue weighted by molar-refractivity contribution is -0.140. The van der Waals surface area contributed by atoms with Gasteiger partial charge in [-0.25, -0.2) is 8.42 Å². The Labute approximate surface area is 296 Å². The van der Waals surface area contributed by atoms with Crippen LogP contribution < -0.4 is 0 Å². The van der Waals surface area contributed by atoms with Crippen molar-refractivity contribution in [2.24, 2.45) is 0 Å². The van der Waals surface area contributed by atoms with E-state index in [0.717, 1.165) is 20.5 Å². The van der Waals surface area contributed by atoms with Crippen molar-refractivity contribution in [1.29, 1.82) is 0 Å². The van der Waals surface area contributed by atoms with Crippen LogP contribution in [-0.4, -0.2) is 80.9 Å². The predicted molar refractivity (Wildman–Crippen MR) is 187 cm³/mol. The van der Waals surface area contributed by atoms with Gasteiger partial charge in [0.2, 0.25) is 17.7 Å². The number of carbonyl (C=O) groups is 3. The first-order chi connectivity index (χ1) is 22.7. The Morgan fingerprint density at radius 1 is 1.00 bits per heavy atom. The largest absolute Gasteiger partial charge is 0.747 e. The standard InChI is InChI=1S/C34H34BrClN4O6S2/c1-22-3-10-27(11-4-22)47-34(33(43)38-15-13-37(14-16-38)23(2)41)18-31(42)40(19-24-5-7-25(35)8-6-24)32(34)29-20-39(21-48(44,45)46)30-17-26(36)9-12-28(29)30/h3-12,17,20,32H,13-16,18-19,21H2,1-2H3,(H,44,45,46)/p-1/t32-,34-/m0/s1. The second-order valence-corrected chi connectivity index (χ2v) is 16.4. The summed E-state index contributed by atoms with van der Waals surface area (Å²) in [4.78, 5) is 47.5. The average molecular weight is 773 g/mol. The summed E-state index contributed by atoms with van der Waals surface area (Å²) in [6.45, 7) is 4.98. The number of benzene rings is 3. The van der Waals surface area contributed by atoms with E-state index in [9.17, 15) is 22.6 Å². The highest BCUT2D eigenvalue weighted by atomic mass is 79.9. The van der Waals surface area contributed by atoms with Crippen LogP contribution in [0.3, 0.4) is 0 Å². The Morgan fingerprint density at radius 3 is 2.27 bits per heavy atom. The number of fused-ring (bicyclic) bond motifs is 1. The Hall–Kier alpha value is -3.36. The first-order valence-electron chi connectivity index (χ1n) is 15.3. The van der Waals surface area contributed by atoms with E-state index in [4.69, 9.17) is 11.6 Å². The number of nitrogens with zero attached hydrogens (tertiary/aromatic N) is 4. The normalized spacial score (nSPS) is 20.1. The van der Waals surface area contributed by atoms with Gasteiger partial charge in [-0.05, 0) is 48.9 Å². The molecule has 0 aliphatic carbocycles. The van der Waals surface area contributed by atoms with Crippen LogP contribution in [-0.2, 0) is 36.9 Å². The molecule has 0 saturated carbocycles. The van der Waals surface area contributed by atoms with E-state index in [1.54, 1.807) is 39.1 Å². The van der Waals surface area contributed by atoms with Crippen LogP contribution in [0.1, 0.15) is 36.1 Å². The summed E-state index contributed by atoms with van der Waals surface area (Å²) in [6, 6.07) is 19.4. The van der Waals surface area contributed by atoms with Crippen LogP contribution >= 0.6 is 39.3 Å². The Morgan fingerprint density at radius 2 is 1.65 bits per heavy atom. The molecule has 0 bridgehead atoms. The fourth-order valence-corrected chi connectivity index (χ4v) is 9.08. The zero-order valence-corrected chi connectivity index (χ0v) is 30.2. The van der Waals surface area contributed by atoms with Gasteiger partial charge in [-0.1, -0.05) is 63.4 Å². The quantitative estimate of drug-likeness (QED) is 0.215. The van der Waals surface area contributed by atoms with Crippen LogP contribution in [0.25, 0.3) is 10.9 Å². The van der Waals surface area contributed by atoms with E-state index < -0.39 is 26.8 Å². The van der Waals surface area contributed by atoms with Gasteiger partial charge < -0.3 is 23.8 Å². The highest BCUT2D eigenvalue weighted by Crippen LogP contribution is 2.55. The molecule has 1 aromatic heterocycles. The van der Waals surface area contributed by atoms with Gasteiger partial charge in [0.05, 0.1) is 18.0 Å². The summed E-state index contributed by atoms with van der Waals surface area (Å²) in [6.07, 6.45) is 1.44. The average Bonchev–Trinajstić information content (AvgIpc) is 3.51. The first-order valence-corrected chi connectivity index (χ1v) is 18.9. The van der Waals surface area contributed by atoms with Crippen LogP contribution in [0, 0.1) is 6.92 Å². The summed E-state index contributed by atoms with van der Waals surface area (Å²) in [5.74, 6) is -1.42. The minimum atomic E-state index is -4.72. The fourth-order valence-electron chi connectivity index (χ4n) is 6.63. The van der Waals surface area contributed by atoms with E-state index in [1.165, 1.54) is 23.3 Å². The summed E-state index contributed by atoms with van der Waals surface area (Å²) >= 11 is 11.1. The third kappa shape index (κ3) is 7.02. The van der Waals surface area contributed by atoms with Gasteiger partial charge in [-0.3, -0.25) is 14.4 Å². The smallest absolute Gasteiger partial charge is 0.242 e. The number of hydrogen-bond donors (Lipinski definition) is 0. The van der Waals surface area contributed by atoms with E-state index in [0.29, 0.717) is 47.7 Å². The third-order valence-electron chi connectivity index (χ3n) is 8.92. The molecule has 3 heterocycles. The molecule has 0 radical (unpaired) electrons. The summed E-state index contributed by atoms with van der Waals surface area (Å²) in [7, 11) is -4.72. The predicted octanol–water partition coefficient (Wildman–Crippen LogP) is 5.56. The van der Waals surface area contributed by atoms with Crippen molar-refractivity contribution >= 4 is 78.0 Å². The van der Waals surface area contributed by atoms with E-state index in [-0.39, 0.29) is 30.7 Å². The number of aromatic nitrogens is 1. The molecule has 14 heteroatoms. The monoisotopic (exact) mass is 771 g/mol. The van der Waals surface area contributed by atoms with Crippen molar-refractivity contribution in [3.05, 3.63) is 99.1 Å². The zero-order chi connectivity index (χ0) is 34.4. The minimum Gasteiger partial charge on any atom is -0.747 e. The maximum atomic E-state index is 15.1. The first kappa shape index (κ1) is 34.5. The van der Waals surface area contributed by atoms with Crippen molar-refractivity contribution < 1.29 is 27.4 Å². The van der Waals surface area contributed by atoms with Gasteiger partial charge in [0.15, 0.2) is 0 Å². The molecule has 2 aliphatic rings. The van der Waals surface area contributed by atoms with Crippen molar-refractivity contribution in [1.82, 2.24) is 19.3 Å². The van der Waals surface area contributed by atoms with Crippen molar-refractivity contribution in [3.63, 3.8) is 0 Å². The zero-order valence-electron chi connectivity index (χ0n) is 26.3. The Balaban J connectivity index is 1.56. The van der Waals surface area contributed by atoms with E-state index >= 15 is 4.79 Å². The summed E-state index contributed by atoms with van der Waals surface area (Å²) < 4.78 is 37.0. The summed E-state index contributed by atoms with van der Waals surface area (Å²) in [5, 5.41) is 0.914. The van der Waals surface area contributed by atoms with Gasteiger partial charge in [0.1, 0.15) is 20.7 Å². The van der Waals surface area contributed by atoms with Gasteiger partial charge >= 0.3 is 0 Å². The van der Waals surface area contributed by atoms with Crippen LogP contribution in [0.15, 0.2) is 82.3 Å². The molecule has 6 rings (SSSR count). The number of rotatable bonds is 8. The van der Waals surface area contributed by atoms with Gasteiger partial charge in [-0.2, -0.15) is 0 Å². The van der Waals surface area contributed by atoms with Crippen molar-refractivity contribution in [2.45, 2.75) is 48.4 Å². The Kier molecular flexibility index (Phi) is 9.71. The van der Waals surface area contributed by atoms with Gasteiger partial charge in [0, 0.05) is 71.2 Å². The van der Waals surface area contributed by atoms with Crippen molar-refractivity contribution in [2.75, 3.05) is 26.2 Å². The van der Waals surface area contributed by atoms with Crippen LogP contribution in [0.5, 0.6) is 0 Å². The molecule has 3 amide bonds. The maximum absolute atomic E-state index is 15.1. The number of thioether (sulfide) groups is 1. The second-order valence-electron chi connectivity index (χ2n) is 12.2. The molecule has 2 fully saturated rings. The maximum Gasteiger partial charge on any atom is 0.242 e. The molecular formula is C34H33BrClN4O6S2-. The lowest BCUT2D eigenvalue weighted by atomic mass is 9.90. The topological polar surface area (TPSA) is 123 Å². The van der Waals surface area contributed by atoms with Crippen LogP contribution in [0.2, 0.25) is 5.02 Å². The molecule has 2 aliphatic heterocycles. The Bertz CT molecular complexity index is 2000. The number of halogens is 2. The van der Waals surface area contributed by atoms with Gasteiger partial charge in [0.25, 0.3) is 0 Å². The van der Waals surface area contributed by atoms with Crippen molar-refractivity contribution in [3.8, 4) is 0 Å². The lowest BCUT2D eigenvalue weighted by Gasteiger charge is -2.42. The summed E-state index contributed by atoms with van der Waals surface area (Å²) in [5.41, 5.74) is 2.80. The van der Waals surface area contributed by atoms with E-state index in [2.05, 4.69) is 15.9 Å². The number of hydrogen-bond acceptors (Lipinski definition) is 7. The molecule has 48 heavy (non-hydrogen) atoms. The third-order valence-corrected chi connectivity index (χ3v) is 11.7. The second kappa shape index (κ2) is 13.5. The molecule has 0 N–H and O–H groups in total. The molecule has 2 atom stereocenters. The number of amides is 3. The molecular weight excluding hydrogens is 740 g/mol. The molecule has 4 aromatic rings. The number of piperazine rings is 1. The highest BCUT2D eigenvalue weighted by Gasteiger charge is 2.60. The molecule has 10 nitrogen and oxygen atoms in total. The van der Waals surface area contributed by atoms with Gasteiger partial charge in [-0.15, -0.1) is 11.8 Å².